The van der Waals surface area contributed by atoms with Gasteiger partial charge in [0.15, 0.2) is 5.78 Å². The van der Waals surface area contributed by atoms with E-state index >= 15 is 0 Å². The van der Waals surface area contributed by atoms with Crippen LogP contribution in [0.5, 0.6) is 0 Å². The van der Waals surface area contributed by atoms with Crippen LogP contribution in [0.3, 0.4) is 0 Å². The highest BCUT2D eigenvalue weighted by Crippen LogP contribution is 2.20. The van der Waals surface area contributed by atoms with Crippen LogP contribution in [0.15, 0.2) is 16.8 Å². The second-order valence-corrected chi connectivity index (χ2v) is 4.35. The first-order valence-electron chi connectivity index (χ1n) is 6.09. The highest BCUT2D eigenvalue weighted by atomic mass is 16.3. The third-order valence-electron chi connectivity index (χ3n) is 2.93. The lowest BCUT2D eigenvalue weighted by atomic mass is 9.89. The first kappa shape index (κ1) is 13.1. The van der Waals surface area contributed by atoms with Crippen LogP contribution in [0.2, 0.25) is 0 Å². The molecule has 0 spiro atoms. The summed E-state index contributed by atoms with van der Waals surface area (Å²) in [5.74, 6) is -0.0707. The van der Waals surface area contributed by atoms with Crippen molar-refractivity contribution in [2.75, 3.05) is 6.61 Å². The van der Waals surface area contributed by atoms with Crippen molar-refractivity contribution in [1.82, 2.24) is 0 Å². The zero-order valence-corrected chi connectivity index (χ0v) is 10.2. The molecule has 0 amide bonds. The van der Waals surface area contributed by atoms with E-state index in [1.165, 1.54) is 12.8 Å². The Bertz CT molecular complexity index is 305. The van der Waals surface area contributed by atoms with Crippen LogP contribution in [0.25, 0.3) is 0 Å². The summed E-state index contributed by atoms with van der Waals surface area (Å²) in [6.07, 6.45) is 7.00. The largest absolute Gasteiger partial charge is 0.390 e. The minimum absolute atomic E-state index is 0.102. The fourth-order valence-corrected chi connectivity index (χ4v) is 2.04. The number of hydrogen-bond acceptors (Lipinski definition) is 3. The van der Waals surface area contributed by atoms with E-state index in [1.807, 2.05) is 0 Å². The predicted octanol–water partition coefficient (Wildman–Crippen LogP) is 2.49. The van der Waals surface area contributed by atoms with Crippen molar-refractivity contribution in [2.24, 2.45) is 10.9 Å². The van der Waals surface area contributed by atoms with Gasteiger partial charge in [-0.25, -0.2) is 0 Å². The van der Waals surface area contributed by atoms with Gasteiger partial charge in [-0.3, -0.25) is 9.79 Å². The van der Waals surface area contributed by atoms with Gasteiger partial charge >= 0.3 is 0 Å². The van der Waals surface area contributed by atoms with Crippen LogP contribution in [0.4, 0.5) is 0 Å². The lowest BCUT2D eigenvalue weighted by Crippen LogP contribution is -2.28. The molecule has 0 aromatic heterocycles. The van der Waals surface area contributed by atoms with Crippen molar-refractivity contribution in [3.8, 4) is 0 Å². The molecule has 0 aromatic carbocycles. The summed E-state index contributed by atoms with van der Waals surface area (Å²) in [7, 11) is 0. The Morgan fingerprint density at radius 2 is 2.12 bits per heavy atom. The van der Waals surface area contributed by atoms with Gasteiger partial charge in [0.1, 0.15) is 0 Å². The van der Waals surface area contributed by atoms with Gasteiger partial charge in [-0.1, -0.05) is 32.6 Å². The number of ketones is 1. The van der Waals surface area contributed by atoms with Gasteiger partial charge in [-0.05, 0) is 13.3 Å². The zero-order chi connectivity index (χ0) is 12.0. The number of hydrogen-bond donors (Lipinski definition) is 1. The van der Waals surface area contributed by atoms with Gasteiger partial charge in [-0.15, -0.1) is 0 Å². The van der Waals surface area contributed by atoms with Crippen molar-refractivity contribution in [2.45, 2.75) is 46.0 Å². The number of nitrogens with zero attached hydrogens (tertiary/aromatic N) is 1. The monoisotopic (exact) mass is 223 g/mol. The van der Waals surface area contributed by atoms with E-state index in [9.17, 15) is 9.90 Å². The summed E-state index contributed by atoms with van der Waals surface area (Å²) in [5, 5.41) is 9.19. The maximum absolute atomic E-state index is 11.8. The van der Waals surface area contributed by atoms with E-state index in [4.69, 9.17) is 0 Å². The minimum atomic E-state index is -0.175. The maximum atomic E-state index is 11.8. The Morgan fingerprint density at radius 1 is 1.38 bits per heavy atom. The summed E-state index contributed by atoms with van der Waals surface area (Å²) in [5.41, 5.74) is 1.35. The highest BCUT2D eigenvalue weighted by molar-refractivity contribution is 6.12. The fraction of sp³-hybridized carbons (Fsp3) is 0.692. The van der Waals surface area contributed by atoms with E-state index in [-0.39, 0.29) is 18.3 Å². The van der Waals surface area contributed by atoms with Gasteiger partial charge in [0, 0.05) is 11.8 Å². The number of rotatable bonds is 6. The molecule has 1 aliphatic heterocycles. The molecule has 3 nitrogen and oxygen atoms in total. The number of carbonyl (C=O) groups is 1. The molecule has 1 atom stereocenters. The van der Waals surface area contributed by atoms with Gasteiger partial charge in [-0.2, -0.15) is 0 Å². The lowest BCUT2D eigenvalue weighted by Gasteiger charge is -2.19. The fourth-order valence-electron chi connectivity index (χ4n) is 2.04. The molecule has 16 heavy (non-hydrogen) atoms. The van der Waals surface area contributed by atoms with Crippen molar-refractivity contribution < 1.29 is 9.90 Å². The van der Waals surface area contributed by atoms with Crippen LogP contribution in [0.1, 0.15) is 46.0 Å². The summed E-state index contributed by atoms with van der Waals surface area (Å²) in [4.78, 5) is 16.0. The topological polar surface area (TPSA) is 49.7 Å². The average molecular weight is 223 g/mol. The summed E-state index contributed by atoms with van der Waals surface area (Å²) < 4.78 is 0. The molecule has 0 saturated heterocycles. The highest BCUT2D eigenvalue weighted by Gasteiger charge is 2.24. The van der Waals surface area contributed by atoms with Crippen LogP contribution in [0, 0.1) is 5.92 Å². The third-order valence-corrected chi connectivity index (χ3v) is 2.93. The number of aliphatic hydroxyl groups is 1. The number of allylic oxidation sites excluding steroid dienone is 2. The number of unbranched alkanes of at least 4 members (excludes halogenated alkanes) is 3. The molecular weight excluding hydrogens is 202 g/mol. The van der Waals surface area contributed by atoms with Crippen LogP contribution < -0.4 is 0 Å². The maximum Gasteiger partial charge on any atom is 0.166 e. The van der Waals surface area contributed by atoms with E-state index in [1.54, 1.807) is 13.0 Å². The molecule has 1 rings (SSSR count). The van der Waals surface area contributed by atoms with Crippen LogP contribution >= 0.6 is 0 Å². The Balaban J connectivity index is 2.52. The molecule has 1 aliphatic rings. The summed E-state index contributed by atoms with van der Waals surface area (Å²) >= 11 is 0. The van der Waals surface area contributed by atoms with E-state index in [0.717, 1.165) is 19.3 Å². The Hall–Kier alpha value is -0.960. The lowest BCUT2D eigenvalue weighted by molar-refractivity contribution is -0.116. The average Bonchev–Trinajstić information content (AvgIpc) is 2.26. The quantitative estimate of drug-likeness (QED) is 0.703. The second-order valence-electron chi connectivity index (χ2n) is 4.35. The van der Waals surface area contributed by atoms with Crippen molar-refractivity contribution in [3.63, 3.8) is 0 Å². The zero-order valence-electron chi connectivity index (χ0n) is 10.2. The van der Waals surface area contributed by atoms with Gasteiger partial charge < -0.3 is 5.11 Å². The Morgan fingerprint density at radius 3 is 2.75 bits per heavy atom. The third kappa shape index (κ3) is 3.56. The minimum Gasteiger partial charge on any atom is -0.390 e. The van der Waals surface area contributed by atoms with E-state index in [2.05, 4.69) is 11.9 Å². The standard InChI is InChI=1S/C13H21NO2/c1-3-4-5-6-7-11-12(9-15)14-10(2)8-13(11)16/h8,11,15H,3-7,9H2,1-2H3. The second kappa shape index (κ2) is 6.59. The molecule has 0 saturated carbocycles. The summed E-state index contributed by atoms with van der Waals surface area (Å²) in [6, 6.07) is 0. The van der Waals surface area contributed by atoms with E-state index in [0.29, 0.717) is 11.4 Å². The molecule has 0 aliphatic carbocycles. The molecule has 1 unspecified atom stereocenters. The smallest absolute Gasteiger partial charge is 0.166 e. The number of aliphatic imine (C=N–C) groups is 1. The SMILES string of the molecule is CCCCCCC1C(=O)C=C(C)N=C1CO. The van der Waals surface area contributed by atoms with Crippen molar-refractivity contribution in [3.05, 3.63) is 11.8 Å². The number of carbonyl (C=O) groups excluding carboxylic acids is 1. The van der Waals surface area contributed by atoms with Crippen LogP contribution in [-0.4, -0.2) is 23.2 Å². The molecule has 0 bridgehead atoms. The molecule has 0 radical (unpaired) electrons. The van der Waals surface area contributed by atoms with E-state index < -0.39 is 0 Å². The normalized spacial score (nSPS) is 20.7. The van der Waals surface area contributed by atoms with Crippen LogP contribution in [-0.2, 0) is 4.79 Å². The molecule has 1 N–H and O–H groups in total. The van der Waals surface area contributed by atoms with Gasteiger partial charge in [0.2, 0.25) is 0 Å². The predicted molar refractivity (Wildman–Crippen MR) is 65.5 cm³/mol. The molecule has 0 aromatic rings. The van der Waals surface area contributed by atoms with Crippen molar-refractivity contribution in [1.29, 1.82) is 0 Å². The van der Waals surface area contributed by atoms with Gasteiger partial charge in [0.05, 0.1) is 18.2 Å². The molecule has 1 heterocycles. The first-order valence-corrected chi connectivity index (χ1v) is 6.09. The van der Waals surface area contributed by atoms with Gasteiger partial charge in [0.25, 0.3) is 0 Å². The first-order chi connectivity index (χ1) is 7.69. The Kier molecular flexibility index (Phi) is 5.39. The van der Waals surface area contributed by atoms with Crippen molar-refractivity contribution >= 4 is 11.5 Å². The summed E-state index contributed by atoms with van der Waals surface area (Å²) in [6.45, 7) is 3.86. The molecule has 3 heteroatoms. The molecular formula is C13H21NO2. The molecule has 90 valence electrons. The molecule has 0 fully saturated rings. The Labute approximate surface area is 97.3 Å². The number of aliphatic hydroxyl groups excluding tert-OH is 1.